The molecule has 3 rings (SSSR count). The molecule has 7 nitrogen and oxygen atoms in total. The molecule has 2 aromatic carbocycles. The number of hydrogen-bond acceptors (Lipinski definition) is 7. The summed E-state index contributed by atoms with van der Waals surface area (Å²) in [5.74, 6) is 1.04. The van der Waals surface area contributed by atoms with Crippen molar-refractivity contribution in [1.82, 2.24) is 0 Å². The van der Waals surface area contributed by atoms with Crippen molar-refractivity contribution in [2.24, 2.45) is 0 Å². The highest BCUT2D eigenvalue weighted by Gasteiger charge is 2.44. The van der Waals surface area contributed by atoms with Crippen molar-refractivity contribution in [2.45, 2.75) is 37.3 Å². The first kappa shape index (κ1) is 18.6. The molecule has 26 heavy (non-hydrogen) atoms. The highest BCUT2D eigenvalue weighted by Crippen LogP contribution is 2.25. The fourth-order valence-electron chi connectivity index (χ4n) is 2.65. The summed E-state index contributed by atoms with van der Waals surface area (Å²) < 4.78 is 16.5. The van der Waals surface area contributed by atoms with Gasteiger partial charge in [-0.1, -0.05) is 30.3 Å². The van der Waals surface area contributed by atoms with E-state index in [1.54, 1.807) is 24.3 Å². The number of ether oxygens (including phenoxy) is 3. The average molecular weight is 362 g/mol. The second-order valence-corrected chi connectivity index (χ2v) is 6.06. The third-order valence-electron chi connectivity index (χ3n) is 4.17. The van der Waals surface area contributed by atoms with Crippen molar-refractivity contribution in [2.75, 3.05) is 6.61 Å². The van der Waals surface area contributed by atoms with E-state index in [0.29, 0.717) is 18.1 Å². The average Bonchev–Trinajstić information content (AvgIpc) is 2.68. The van der Waals surface area contributed by atoms with E-state index >= 15 is 0 Å². The van der Waals surface area contributed by atoms with Crippen LogP contribution in [0.25, 0.3) is 0 Å². The molecule has 0 aliphatic carbocycles. The molecule has 1 aliphatic rings. The molecule has 1 heterocycles. The van der Waals surface area contributed by atoms with Crippen LogP contribution in [-0.4, -0.2) is 57.7 Å². The molecule has 0 aromatic heterocycles. The zero-order valence-corrected chi connectivity index (χ0v) is 14.0. The zero-order chi connectivity index (χ0) is 18.5. The Morgan fingerprint density at radius 1 is 0.808 bits per heavy atom. The monoisotopic (exact) mass is 362 g/mol. The second-order valence-electron chi connectivity index (χ2n) is 6.06. The van der Waals surface area contributed by atoms with Gasteiger partial charge in [0.2, 0.25) is 6.29 Å². The van der Waals surface area contributed by atoms with Crippen LogP contribution in [-0.2, 0) is 11.3 Å². The van der Waals surface area contributed by atoms with E-state index in [-0.39, 0.29) is 0 Å². The summed E-state index contributed by atoms with van der Waals surface area (Å²) in [5, 5.41) is 38.7. The first-order chi connectivity index (χ1) is 12.6. The lowest BCUT2D eigenvalue weighted by Gasteiger charge is -2.39. The summed E-state index contributed by atoms with van der Waals surface area (Å²) in [7, 11) is 0. The third kappa shape index (κ3) is 4.32. The van der Waals surface area contributed by atoms with Crippen LogP contribution in [0.3, 0.4) is 0 Å². The van der Waals surface area contributed by atoms with Crippen molar-refractivity contribution >= 4 is 0 Å². The molecule has 0 radical (unpaired) electrons. The van der Waals surface area contributed by atoms with E-state index in [0.717, 1.165) is 5.56 Å². The molecule has 140 valence electrons. The van der Waals surface area contributed by atoms with Crippen LogP contribution < -0.4 is 9.47 Å². The van der Waals surface area contributed by atoms with Gasteiger partial charge < -0.3 is 34.6 Å². The fraction of sp³-hybridized carbons (Fsp3) is 0.368. The molecule has 4 N–H and O–H groups in total. The van der Waals surface area contributed by atoms with E-state index in [1.807, 2.05) is 30.3 Å². The van der Waals surface area contributed by atoms with Gasteiger partial charge in [0.15, 0.2) is 0 Å². The zero-order valence-electron chi connectivity index (χ0n) is 14.0. The Balaban J connectivity index is 1.58. The summed E-state index contributed by atoms with van der Waals surface area (Å²) >= 11 is 0. The minimum atomic E-state index is -1.47. The van der Waals surface area contributed by atoms with Gasteiger partial charge in [-0.05, 0) is 29.8 Å². The van der Waals surface area contributed by atoms with Gasteiger partial charge in [0, 0.05) is 0 Å². The van der Waals surface area contributed by atoms with Crippen molar-refractivity contribution in [3.63, 3.8) is 0 Å². The van der Waals surface area contributed by atoms with Gasteiger partial charge in [-0.15, -0.1) is 0 Å². The number of aliphatic hydroxyl groups excluding tert-OH is 4. The van der Waals surface area contributed by atoms with E-state index in [1.165, 1.54) is 0 Å². The maximum atomic E-state index is 9.98. The van der Waals surface area contributed by atoms with Crippen LogP contribution in [0.2, 0.25) is 0 Å². The van der Waals surface area contributed by atoms with Gasteiger partial charge >= 0.3 is 0 Å². The van der Waals surface area contributed by atoms with Crippen LogP contribution in [0.1, 0.15) is 5.56 Å². The second kappa shape index (κ2) is 8.48. The first-order valence-corrected chi connectivity index (χ1v) is 8.32. The van der Waals surface area contributed by atoms with Gasteiger partial charge in [-0.25, -0.2) is 0 Å². The molecule has 1 fully saturated rings. The quantitative estimate of drug-likeness (QED) is 0.591. The minimum Gasteiger partial charge on any atom is -0.489 e. The largest absolute Gasteiger partial charge is 0.489 e. The number of aliphatic hydroxyl groups is 4. The maximum Gasteiger partial charge on any atom is 0.229 e. The van der Waals surface area contributed by atoms with Crippen molar-refractivity contribution < 1.29 is 34.6 Å². The number of hydrogen-bond donors (Lipinski definition) is 4. The van der Waals surface area contributed by atoms with Crippen molar-refractivity contribution in [3.05, 3.63) is 60.2 Å². The van der Waals surface area contributed by atoms with E-state index in [9.17, 15) is 20.4 Å². The molecule has 1 saturated heterocycles. The fourth-order valence-corrected chi connectivity index (χ4v) is 2.65. The Bertz CT molecular complexity index is 674. The normalized spacial score (nSPS) is 28.5. The van der Waals surface area contributed by atoms with Gasteiger partial charge in [0.1, 0.15) is 42.5 Å². The van der Waals surface area contributed by atoms with E-state index < -0.39 is 37.3 Å². The SMILES string of the molecule is OC[C@H]1O[C@H](Oc2ccc(OCc3ccccc3)cc2)[C@H](O)[C@@H](O)[C@@H]1O. The summed E-state index contributed by atoms with van der Waals surface area (Å²) in [6.07, 6.45) is -6.54. The van der Waals surface area contributed by atoms with E-state index in [2.05, 4.69) is 0 Å². The van der Waals surface area contributed by atoms with Crippen LogP contribution in [0, 0.1) is 0 Å². The highest BCUT2D eigenvalue weighted by molar-refractivity contribution is 5.31. The summed E-state index contributed by atoms with van der Waals surface area (Å²) in [4.78, 5) is 0. The van der Waals surface area contributed by atoms with Gasteiger partial charge in [0.25, 0.3) is 0 Å². The molecule has 2 aromatic rings. The molecule has 0 saturated carbocycles. The number of benzene rings is 2. The topological polar surface area (TPSA) is 109 Å². The minimum absolute atomic E-state index is 0.390. The van der Waals surface area contributed by atoms with Crippen LogP contribution >= 0.6 is 0 Å². The van der Waals surface area contributed by atoms with Crippen LogP contribution in [0.4, 0.5) is 0 Å². The lowest BCUT2D eigenvalue weighted by atomic mass is 9.99. The molecule has 0 spiro atoms. The molecular formula is C19H22O7. The molecule has 1 aliphatic heterocycles. The van der Waals surface area contributed by atoms with Gasteiger partial charge in [0.05, 0.1) is 6.61 Å². The smallest absolute Gasteiger partial charge is 0.229 e. The summed E-state index contributed by atoms with van der Waals surface area (Å²) in [5.41, 5.74) is 1.05. The summed E-state index contributed by atoms with van der Waals surface area (Å²) in [6, 6.07) is 16.5. The lowest BCUT2D eigenvalue weighted by Crippen LogP contribution is -2.60. The van der Waals surface area contributed by atoms with Crippen molar-refractivity contribution in [3.8, 4) is 11.5 Å². The van der Waals surface area contributed by atoms with Gasteiger partial charge in [-0.3, -0.25) is 0 Å². The Kier molecular flexibility index (Phi) is 6.08. The summed E-state index contributed by atoms with van der Waals surface area (Å²) in [6.45, 7) is -0.0647. The number of rotatable bonds is 6. The highest BCUT2D eigenvalue weighted by atomic mass is 16.7. The lowest BCUT2D eigenvalue weighted by molar-refractivity contribution is -0.277. The molecule has 0 bridgehead atoms. The molecule has 7 heteroatoms. The Morgan fingerprint density at radius 3 is 2.12 bits per heavy atom. The predicted octanol–water partition coefficient (Wildman–Crippen LogP) is 0.444. The molecule has 5 atom stereocenters. The Labute approximate surface area is 151 Å². The Morgan fingerprint density at radius 2 is 1.46 bits per heavy atom. The molecule has 0 amide bonds. The maximum absolute atomic E-state index is 9.98. The van der Waals surface area contributed by atoms with Crippen molar-refractivity contribution in [1.29, 1.82) is 0 Å². The molecular weight excluding hydrogens is 340 g/mol. The van der Waals surface area contributed by atoms with E-state index in [4.69, 9.17) is 14.2 Å². The Hall–Kier alpha value is -2.16. The van der Waals surface area contributed by atoms with Crippen LogP contribution in [0.5, 0.6) is 11.5 Å². The third-order valence-corrected chi connectivity index (χ3v) is 4.17. The van der Waals surface area contributed by atoms with Gasteiger partial charge in [-0.2, -0.15) is 0 Å². The standard InChI is InChI=1S/C19H22O7/c20-10-15-16(21)17(22)18(23)19(26-15)25-14-8-6-13(7-9-14)24-11-12-4-2-1-3-5-12/h1-9,15-23H,10-11H2/t15-,16-,17+,18-,19+/m1/s1. The predicted molar refractivity (Wildman–Crippen MR) is 91.6 cm³/mol. The molecule has 0 unspecified atom stereocenters. The first-order valence-electron chi connectivity index (χ1n) is 8.32. The van der Waals surface area contributed by atoms with Crippen LogP contribution in [0.15, 0.2) is 54.6 Å².